The van der Waals surface area contributed by atoms with Gasteiger partial charge in [-0.1, -0.05) is 24.7 Å². The lowest BCUT2D eigenvalue weighted by Gasteiger charge is -2.06. The zero-order valence-electron chi connectivity index (χ0n) is 17.6. The number of thiazole rings is 1. The van der Waals surface area contributed by atoms with E-state index >= 15 is 0 Å². The highest BCUT2D eigenvalue weighted by Crippen LogP contribution is 2.25. The van der Waals surface area contributed by atoms with Crippen LogP contribution in [0.15, 0.2) is 47.3 Å². The number of nitrogens with zero attached hydrogens (tertiary/aromatic N) is 3. The fourth-order valence-electron chi connectivity index (χ4n) is 3.08. The van der Waals surface area contributed by atoms with Crippen molar-refractivity contribution in [3.05, 3.63) is 62.9 Å². The van der Waals surface area contributed by atoms with Crippen molar-refractivity contribution in [2.75, 3.05) is 20.8 Å². The summed E-state index contributed by atoms with van der Waals surface area (Å²) in [6, 6.07) is 13.0. The normalized spacial score (nSPS) is 11.8. The molecule has 0 aliphatic carbocycles. The van der Waals surface area contributed by atoms with Crippen LogP contribution in [0.25, 0.3) is 22.4 Å². The van der Waals surface area contributed by atoms with Gasteiger partial charge in [-0.05, 0) is 55.0 Å². The maximum atomic E-state index is 12.9. The Morgan fingerprint density at radius 2 is 1.84 bits per heavy atom. The van der Waals surface area contributed by atoms with Crippen LogP contribution in [0.4, 0.5) is 0 Å². The van der Waals surface area contributed by atoms with Crippen molar-refractivity contribution in [1.29, 1.82) is 0 Å². The van der Waals surface area contributed by atoms with Gasteiger partial charge in [0.15, 0.2) is 5.82 Å². The number of fused-ring (bicyclic) bond motifs is 1. The second-order valence-electron chi connectivity index (χ2n) is 6.88. The zero-order chi connectivity index (χ0) is 21.8. The molecule has 0 N–H and O–H groups in total. The standard InChI is InChI=1S/C23H23N3O4S/c1-4-5-12-30-17-8-6-15(7-9-17)21-24-23-26(25-21)22(27)20(31-23)14-16-13-18(28-2)10-11-19(16)29-3/h6-11,13-14H,4-5,12H2,1-3H3/b20-14-. The molecule has 0 saturated carbocycles. The molecule has 0 aliphatic heterocycles. The first-order valence-corrected chi connectivity index (χ1v) is 10.8. The molecule has 31 heavy (non-hydrogen) atoms. The van der Waals surface area contributed by atoms with Crippen molar-refractivity contribution >= 4 is 22.4 Å². The minimum Gasteiger partial charge on any atom is -0.497 e. The Labute approximate surface area is 183 Å². The number of benzene rings is 2. The Morgan fingerprint density at radius 1 is 1.06 bits per heavy atom. The van der Waals surface area contributed by atoms with Gasteiger partial charge in [0, 0.05) is 11.1 Å². The average molecular weight is 438 g/mol. The fourth-order valence-corrected chi connectivity index (χ4v) is 3.98. The van der Waals surface area contributed by atoms with Crippen molar-refractivity contribution in [1.82, 2.24) is 14.6 Å². The molecule has 2 aromatic heterocycles. The summed E-state index contributed by atoms with van der Waals surface area (Å²) in [6.07, 6.45) is 3.88. The molecule has 0 amide bonds. The number of ether oxygens (including phenoxy) is 3. The van der Waals surface area contributed by atoms with Crippen LogP contribution < -0.4 is 24.3 Å². The van der Waals surface area contributed by atoms with Crippen molar-refractivity contribution in [2.24, 2.45) is 0 Å². The zero-order valence-corrected chi connectivity index (χ0v) is 18.4. The second kappa shape index (κ2) is 9.18. The van der Waals surface area contributed by atoms with Crippen LogP contribution in [0.2, 0.25) is 0 Å². The molecule has 0 spiro atoms. The lowest BCUT2D eigenvalue weighted by atomic mass is 10.2. The molecule has 0 bridgehead atoms. The third-order valence-corrected chi connectivity index (χ3v) is 5.74. The summed E-state index contributed by atoms with van der Waals surface area (Å²) in [4.78, 5) is 18.0. The van der Waals surface area contributed by atoms with Gasteiger partial charge in [0.2, 0.25) is 4.96 Å². The van der Waals surface area contributed by atoms with E-state index in [9.17, 15) is 4.79 Å². The predicted octanol–water partition coefficient (Wildman–Crippen LogP) is 3.56. The molecule has 0 radical (unpaired) electrons. The second-order valence-corrected chi connectivity index (χ2v) is 7.89. The molecule has 0 unspecified atom stereocenters. The third kappa shape index (κ3) is 4.39. The van der Waals surface area contributed by atoms with Gasteiger partial charge in [-0.15, -0.1) is 5.10 Å². The summed E-state index contributed by atoms with van der Waals surface area (Å²) in [5.41, 5.74) is 1.36. The van der Waals surface area contributed by atoms with Crippen LogP contribution in [0.5, 0.6) is 17.2 Å². The summed E-state index contributed by atoms with van der Waals surface area (Å²) in [7, 11) is 3.19. The number of rotatable bonds is 8. The van der Waals surface area contributed by atoms with E-state index in [4.69, 9.17) is 14.2 Å². The average Bonchev–Trinajstić information content (AvgIpc) is 3.34. The Bertz CT molecular complexity index is 1300. The smallest absolute Gasteiger partial charge is 0.291 e. The quantitative estimate of drug-likeness (QED) is 0.393. The van der Waals surface area contributed by atoms with Crippen LogP contribution in [0.1, 0.15) is 25.3 Å². The molecule has 8 heteroatoms. The Hall–Kier alpha value is -3.39. The fraction of sp³-hybridized carbons (Fsp3) is 0.261. The molecule has 0 saturated heterocycles. The topological polar surface area (TPSA) is 75.0 Å². The van der Waals surface area contributed by atoms with Crippen molar-refractivity contribution in [3.63, 3.8) is 0 Å². The minimum absolute atomic E-state index is 0.219. The SMILES string of the molecule is CCCCOc1ccc(-c2nc3s/c(=C\c4cc(OC)ccc4OC)c(=O)n3n2)cc1. The van der Waals surface area contributed by atoms with Crippen LogP contribution in [0.3, 0.4) is 0 Å². The first-order chi connectivity index (χ1) is 15.1. The Balaban J connectivity index is 1.65. The van der Waals surface area contributed by atoms with E-state index in [2.05, 4.69) is 17.0 Å². The van der Waals surface area contributed by atoms with Gasteiger partial charge >= 0.3 is 0 Å². The maximum absolute atomic E-state index is 12.9. The summed E-state index contributed by atoms with van der Waals surface area (Å²) in [6.45, 7) is 2.83. The monoisotopic (exact) mass is 437 g/mol. The maximum Gasteiger partial charge on any atom is 0.291 e. The minimum atomic E-state index is -0.219. The number of unbranched alkanes of at least 4 members (excludes halogenated alkanes) is 1. The van der Waals surface area contributed by atoms with Crippen molar-refractivity contribution in [2.45, 2.75) is 19.8 Å². The van der Waals surface area contributed by atoms with E-state index < -0.39 is 0 Å². The molecule has 4 rings (SSSR count). The number of aromatic nitrogens is 3. The first kappa shape index (κ1) is 20.9. The van der Waals surface area contributed by atoms with Crippen molar-refractivity contribution < 1.29 is 14.2 Å². The highest BCUT2D eigenvalue weighted by Gasteiger charge is 2.13. The largest absolute Gasteiger partial charge is 0.497 e. The van der Waals surface area contributed by atoms with Crippen LogP contribution >= 0.6 is 11.3 Å². The van der Waals surface area contributed by atoms with Crippen LogP contribution in [-0.4, -0.2) is 35.4 Å². The van der Waals surface area contributed by atoms with E-state index in [-0.39, 0.29) is 5.56 Å². The Morgan fingerprint density at radius 3 is 2.52 bits per heavy atom. The van der Waals surface area contributed by atoms with E-state index in [0.29, 0.717) is 33.4 Å². The number of hydrogen-bond donors (Lipinski definition) is 0. The Kier molecular flexibility index (Phi) is 6.18. The van der Waals surface area contributed by atoms with Gasteiger partial charge in [-0.3, -0.25) is 4.79 Å². The van der Waals surface area contributed by atoms with Gasteiger partial charge in [-0.25, -0.2) is 0 Å². The summed E-state index contributed by atoms with van der Waals surface area (Å²) in [5, 5.41) is 4.41. The van der Waals surface area contributed by atoms with Gasteiger partial charge < -0.3 is 14.2 Å². The molecule has 0 fully saturated rings. The number of methoxy groups -OCH3 is 2. The molecule has 0 atom stereocenters. The predicted molar refractivity (Wildman–Crippen MR) is 121 cm³/mol. The summed E-state index contributed by atoms with van der Waals surface area (Å²) < 4.78 is 18.2. The first-order valence-electron chi connectivity index (χ1n) is 9.99. The molecular formula is C23H23N3O4S. The summed E-state index contributed by atoms with van der Waals surface area (Å²) >= 11 is 1.28. The number of hydrogen-bond acceptors (Lipinski definition) is 7. The van der Waals surface area contributed by atoms with E-state index in [1.54, 1.807) is 26.4 Å². The molecule has 160 valence electrons. The lowest BCUT2D eigenvalue weighted by molar-refractivity contribution is 0.309. The molecule has 2 heterocycles. The highest BCUT2D eigenvalue weighted by molar-refractivity contribution is 7.15. The van der Waals surface area contributed by atoms with Crippen LogP contribution in [-0.2, 0) is 0 Å². The molecule has 0 aliphatic rings. The van der Waals surface area contributed by atoms with Gasteiger partial charge in [-0.2, -0.15) is 9.50 Å². The molecular weight excluding hydrogens is 414 g/mol. The van der Waals surface area contributed by atoms with Gasteiger partial charge in [0.05, 0.1) is 25.4 Å². The van der Waals surface area contributed by atoms with E-state index in [1.807, 2.05) is 36.4 Å². The molecule has 7 nitrogen and oxygen atoms in total. The lowest BCUT2D eigenvalue weighted by Crippen LogP contribution is -2.23. The van der Waals surface area contributed by atoms with Gasteiger partial charge in [0.1, 0.15) is 17.2 Å². The van der Waals surface area contributed by atoms with E-state index in [0.717, 1.165) is 29.7 Å². The third-order valence-electron chi connectivity index (χ3n) is 4.78. The van der Waals surface area contributed by atoms with E-state index in [1.165, 1.54) is 15.9 Å². The molecule has 2 aromatic carbocycles. The molecule has 4 aromatic rings. The summed E-state index contributed by atoms with van der Waals surface area (Å²) in [5.74, 6) is 2.66. The van der Waals surface area contributed by atoms with Crippen LogP contribution in [0, 0.1) is 0 Å². The van der Waals surface area contributed by atoms with Crippen molar-refractivity contribution in [3.8, 4) is 28.6 Å². The van der Waals surface area contributed by atoms with Gasteiger partial charge in [0.25, 0.3) is 5.56 Å². The highest BCUT2D eigenvalue weighted by atomic mass is 32.1.